The second-order valence-corrected chi connectivity index (χ2v) is 8.22. The lowest BCUT2D eigenvalue weighted by atomic mass is 10.2. The van der Waals surface area contributed by atoms with Gasteiger partial charge in [0.15, 0.2) is 11.5 Å². The summed E-state index contributed by atoms with van der Waals surface area (Å²) in [7, 11) is 3.20. The third kappa shape index (κ3) is 5.22. The van der Waals surface area contributed by atoms with Gasteiger partial charge >= 0.3 is 0 Å². The quantitative estimate of drug-likeness (QED) is 0.253. The van der Waals surface area contributed by atoms with Crippen molar-refractivity contribution in [3.63, 3.8) is 0 Å². The summed E-state index contributed by atoms with van der Waals surface area (Å²) >= 11 is 3.17. The van der Waals surface area contributed by atoms with Gasteiger partial charge < -0.3 is 14.2 Å². The van der Waals surface area contributed by atoms with Crippen LogP contribution in [0.2, 0.25) is 0 Å². The Morgan fingerprint density at radius 1 is 1.00 bits per heavy atom. The van der Waals surface area contributed by atoms with E-state index in [4.69, 9.17) is 14.2 Å². The highest BCUT2D eigenvalue weighted by Gasteiger charge is 2.14. The lowest BCUT2D eigenvalue weighted by molar-refractivity contribution is 0.266. The fourth-order valence-corrected chi connectivity index (χ4v) is 4.29. The first-order chi connectivity index (χ1) is 15.3. The molecule has 0 saturated carbocycles. The molecule has 0 aliphatic heterocycles. The minimum atomic E-state index is 0.416. The van der Waals surface area contributed by atoms with Crippen LogP contribution in [0.5, 0.6) is 17.2 Å². The molecule has 0 fully saturated rings. The Morgan fingerprint density at radius 2 is 1.77 bits per heavy atom. The number of hydrogen-bond donors (Lipinski definition) is 1. The molecule has 0 aliphatic carbocycles. The van der Waals surface area contributed by atoms with E-state index in [2.05, 4.69) is 15.5 Å². The van der Waals surface area contributed by atoms with E-state index in [0.717, 1.165) is 26.8 Å². The molecule has 0 radical (unpaired) electrons. The third-order valence-corrected chi connectivity index (χ3v) is 6.00. The van der Waals surface area contributed by atoms with Crippen molar-refractivity contribution in [1.29, 1.82) is 0 Å². The van der Waals surface area contributed by atoms with Crippen molar-refractivity contribution in [1.82, 2.24) is 4.98 Å². The van der Waals surface area contributed by atoms with E-state index in [0.29, 0.717) is 23.9 Å². The molecule has 31 heavy (non-hydrogen) atoms. The molecule has 0 atom stereocenters. The molecule has 4 aromatic rings. The van der Waals surface area contributed by atoms with Crippen molar-refractivity contribution in [3.05, 3.63) is 76.5 Å². The Kier molecular flexibility index (Phi) is 6.81. The third-order valence-electron chi connectivity index (χ3n) is 4.36. The average molecular weight is 452 g/mol. The van der Waals surface area contributed by atoms with Gasteiger partial charge in [0, 0.05) is 10.9 Å². The largest absolute Gasteiger partial charge is 0.493 e. The molecule has 0 amide bonds. The van der Waals surface area contributed by atoms with Crippen molar-refractivity contribution >= 4 is 34.0 Å². The number of nitrogens with zero attached hydrogens (tertiary/aromatic N) is 2. The minimum Gasteiger partial charge on any atom is -0.493 e. The van der Waals surface area contributed by atoms with E-state index in [9.17, 15) is 0 Å². The second-order valence-electron chi connectivity index (χ2n) is 6.41. The molecule has 0 spiro atoms. The maximum atomic E-state index is 5.99. The second kappa shape index (κ2) is 10.1. The molecular formula is C23H21N3O3S2. The highest BCUT2D eigenvalue weighted by atomic mass is 32.1. The summed E-state index contributed by atoms with van der Waals surface area (Å²) in [6.07, 6.45) is 1.69. The fourth-order valence-electron chi connectivity index (χ4n) is 2.87. The molecule has 0 bridgehead atoms. The van der Waals surface area contributed by atoms with Crippen molar-refractivity contribution in [2.75, 3.05) is 19.6 Å². The number of thiophene rings is 1. The van der Waals surface area contributed by atoms with Crippen LogP contribution in [0.1, 0.15) is 11.1 Å². The molecular weight excluding hydrogens is 430 g/mol. The number of benzene rings is 2. The highest BCUT2D eigenvalue weighted by molar-refractivity contribution is 7.15. The Bertz CT molecular complexity index is 1120. The Morgan fingerprint density at radius 3 is 2.45 bits per heavy atom. The Balaban J connectivity index is 1.47. The lowest BCUT2D eigenvalue weighted by Crippen LogP contribution is -2.01. The lowest BCUT2D eigenvalue weighted by Gasteiger charge is -2.15. The van der Waals surface area contributed by atoms with Gasteiger partial charge in [-0.05, 0) is 29.1 Å². The van der Waals surface area contributed by atoms with Crippen LogP contribution in [-0.2, 0) is 6.61 Å². The van der Waals surface area contributed by atoms with Crippen molar-refractivity contribution in [2.45, 2.75) is 6.61 Å². The number of nitrogens with one attached hydrogen (secondary N) is 1. The SMILES string of the molecule is COc1cc(/C=N\Nc2nc(-c3cccs3)cs2)cc(OC)c1OCc1ccccc1. The van der Waals surface area contributed by atoms with E-state index < -0.39 is 0 Å². The van der Waals surface area contributed by atoms with E-state index in [1.165, 1.54) is 11.3 Å². The van der Waals surface area contributed by atoms with Gasteiger partial charge in [0.1, 0.15) is 6.61 Å². The predicted octanol–water partition coefficient (Wildman–Crippen LogP) is 5.91. The molecule has 2 aromatic heterocycles. The minimum absolute atomic E-state index is 0.416. The van der Waals surface area contributed by atoms with Gasteiger partial charge in [-0.25, -0.2) is 4.98 Å². The molecule has 2 heterocycles. The van der Waals surface area contributed by atoms with Crippen LogP contribution in [-0.4, -0.2) is 25.4 Å². The van der Waals surface area contributed by atoms with E-state index in [-0.39, 0.29) is 0 Å². The van der Waals surface area contributed by atoms with Crippen LogP contribution in [0.4, 0.5) is 5.13 Å². The topological polar surface area (TPSA) is 65.0 Å². The molecule has 2 aromatic carbocycles. The van der Waals surface area contributed by atoms with Gasteiger partial charge in [-0.2, -0.15) is 5.10 Å². The highest BCUT2D eigenvalue weighted by Crippen LogP contribution is 2.38. The van der Waals surface area contributed by atoms with Crippen LogP contribution >= 0.6 is 22.7 Å². The van der Waals surface area contributed by atoms with E-state index in [1.807, 2.05) is 65.4 Å². The molecule has 4 rings (SSSR count). The number of thiazole rings is 1. The summed E-state index contributed by atoms with van der Waals surface area (Å²) in [5.41, 5.74) is 5.80. The van der Waals surface area contributed by atoms with Crippen LogP contribution in [0.3, 0.4) is 0 Å². The molecule has 158 valence electrons. The summed E-state index contributed by atoms with van der Waals surface area (Å²) in [4.78, 5) is 5.69. The first-order valence-electron chi connectivity index (χ1n) is 9.48. The standard InChI is InChI=1S/C23H21N3O3S2/c1-27-19-11-17(12-20(28-2)22(19)29-14-16-7-4-3-5-8-16)13-24-26-23-25-18(15-31-23)21-9-6-10-30-21/h3-13,15H,14H2,1-2H3,(H,25,26)/b24-13-. The van der Waals surface area contributed by atoms with Crippen LogP contribution < -0.4 is 19.6 Å². The van der Waals surface area contributed by atoms with Gasteiger partial charge in [0.05, 0.1) is 31.0 Å². The number of ether oxygens (including phenoxy) is 3. The number of methoxy groups -OCH3 is 2. The maximum absolute atomic E-state index is 5.99. The predicted molar refractivity (Wildman–Crippen MR) is 127 cm³/mol. The number of aromatic nitrogens is 1. The van der Waals surface area contributed by atoms with Crippen LogP contribution in [0.25, 0.3) is 10.6 Å². The fraction of sp³-hybridized carbons (Fsp3) is 0.130. The molecule has 0 aliphatic rings. The smallest absolute Gasteiger partial charge is 0.203 e. The molecule has 8 heteroatoms. The zero-order chi connectivity index (χ0) is 21.5. The van der Waals surface area contributed by atoms with Gasteiger partial charge in [-0.3, -0.25) is 5.43 Å². The first kappa shape index (κ1) is 20.9. The summed E-state index contributed by atoms with van der Waals surface area (Å²) < 4.78 is 17.0. The number of rotatable bonds is 9. The van der Waals surface area contributed by atoms with E-state index in [1.54, 1.807) is 31.8 Å². The molecule has 0 unspecified atom stereocenters. The zero-order valence-corrected chi connectivity index (χ0v) is 18.7. The van der Waals surface area contributed by atoms with E-state index >= 15 is 0 Å². The van der Waals surface area contributed by atoms with Gasteiger partial charge in [-0.1, -0.05) is 36.4 Å². The summed E-state index contributed by atoms with van der Waals surface area (Å²) in [5, 5.41) is 9.07. The zero-order valence-electron chi connectivity index (χ0n) is 17.1. The Labute approximate surface area is 188 Å². The van der Waals surface area contributed by atoms with Gasteiger partial charge in [0.25, 0.3) is 0 Å². The first-order valence-corrected chi connectivity index (χ1v) is 11.2. The number of hydrogen-bond acceptors (Lipinski definition) is 8. The Hall–Kier alpha value is -3.36. The normalized spacial score (nSPS) is 10.9. The van der Waals surface area contributed by atoms with Crippen molar-refractivity contribution in [2.24, 2.45) is 5.10 Å². The van der Waals surface area contributed by atoms with Crippen LogP contribution in [0, 0.1) is 0 Å². The monoisotopic (exact) mass is 451 g/mol. The summed E-state index contributed by atoms with van der Waals surface area (Å²) in [6.45, 7) is 0.416. The summed E-state index contributed by atoms with van der Waals surface area (Å²) in [6, 6.07) is 17.7. The number of hydrazone groups is 1. The van der Waals surface area contributed by atoms with Gasteiger partial charge in [0.2, 0.25) is 10.9 Å². The van der Waals surface area contributed by atoms with Crippen LogP contribution in [0.15, 0.2) is 70.5 Å². The van der Waals surface area contributed by atoms with Crippen molar-refractivity contribution in [3.8, 4) is 27.8 Å². The number of anilines is 1. The van der Waals surface area contributed by atoms with Crippen molar-refractivity contribution < 1.29 is 14.2 Å². The molecule has 0 saturated heterocycles. The van der Waals surface area contributed by atoms with Gasteiger partial charge in [-0.15, -0.1) is 22.7 Å². The summed E-state index contributed by atoms with van der Waals surface area (Å²) in [5.74, 6) is 1.70. The molecule has 1 N–H and O–H groups in total. The maximum Gasteiger partial charge on any atom is 0.203 e. The molecule has 6 nitrogen and oxygen atoms in total. The average Bonchev–Trinajstić information content (AvgIpc) is 3.50.